The molecule has 1 unspecified atom stereocenters. The number of rotatable bonds is 6. The third kappa shape index (κ3) is 4.30. The topological polar surface area (TPSA) is 55.8 Å². The van der Waals surface area contributed by atoms with Crippen LogP contribution in [0.25, 0.3) is 16.9 Å². The lowest BCUT2D eigenvalue weighted by Crippen LogP contribution is -2.37. The minimum absolute atomic E-state index is 0.533. The first-order valence-corrected chi connectivity index (χ1v) is 10.4. The average molecular weight is 391 g/mol. The Kier molecular flexibility index (Phi) is 5.58. The molecule has 0 saturated carbocycles. The minimum atomic E-state index is 0.533. The number of pyridine rings is 1. The number of aromatic nitrogens is 2. The summed E-state index contributed by atoms with van der Waals surface area (Å²) in [6, 6.07) is 12.7. The van der Waals surface area contributed by atoms with Crippen LogP contribution < -0.4 is 10.5 Å². The van der Waals surface area contributed by atoms with Gasteiger partial charge in [0.15, 0.2) is 0 Å². The van der Waals surface area contributed by atoms with Crippen molar-refractivity contribution in [2.24, 2.45) is 0 Å². The van der Waals surface area contributed by atoms with E-state index in [9.17, 15) is 0 Å². The molecule has 2 aromatic heterocycles. The number of nitrogens with two attached hydrogens (primary N) is 1. The summed E-state index contributed by atoms with van der Waals surface area (Å²) >= 11 is 0. The maximum absolute atomic E-state index is 6.09. The van der Waals surface area contributed by atoms with Crippen LogP contribution in [0.4, 0.5) is 5.69 Å². The summed E-state index contributed by atoms with van der Waals surface area (Å²) in [5, 5.41) is 0. The number of likely N-dealkylation sites (tertiary alicyclic amines) is 1. The Morgan fingerprint density at radius 1 is 1.21 bits per heavy atom. The normalized spacial score (nSPS) is 17.5. The van der Waals surface area contributed by atoms with Crippen molar-refractivity contribution in [1.29, 1.82) is 0 Å². The second-order valence-electron chi connectivity index (χ2n) is 8.18. The summed E-state index contributed by atoms with van der Waals surface area (Å²) in [5.41, 5.74) is 12.1. The first-order valence-electron chi connectivity index (χ1n) is 10.4. The smallest absolute Gasteiger partial charge is 0.137 e. The van der Waals surface area contributed by atoms with E-state index >= 15 is 0 Å². The van der Waals surface area contributed by atoms with E-state index in [1.165, 1.54) is 25.0 Å². The number of hydrogen-bond acceptors (Lipinski definition) is 4. The fourth-order valence-electron chi connectivity index (χ4n) is 3.99. The Hall–Kier alpha value is -2.79. The van der Waals surface area contributed by atoms with Crippen LogP contribution >= 0.6 is 0 Å². The van der Waals surface area contributed by atoms with Crippen molar-refractivity contribution in [3.8, 4) is 17.0 Å². The number of ether oxygens (including phenoxy) is 1. The summed E-state index contributed by atoms with van der Waals surface area (Å²) in [6.07, 6.45) is 5.81. The number of nitrogens with zero attached hydrogens (tertiary/aromatic N) is 3. The van der Waals surface area contributed by atoms with Gasteiger partial charge in [0, 0.05) is 30.0 Å². The molecule has 1 fully saturated rings. The van der Waals surface area contributed by atoms with E-state index in [1.54, 1.807) is 0 Å². The van der Waals surface area contributed by atoms with Crippen LogP contribution in [-0.4, -0.2) is 33.5 Å². The molecule has 3 heterocycles. The zero-order valence-electron chi connectivity index (χ0n) is 17.4. The van der Waals surface area contributed by atoms with Crippen molar-refractivity contribution < 1.29 is 4.74 Å². The van der Waals surface area contributed by atoms with Gasteiger partial charge in [-0.25, -0.2) is 4.98 Å². The molecule has 1 aromatic carbocycles. The summed E-state index contributed by atoms with van der Waals surface area (Å²) in [7, 11) is 0. The monoisotopic (exact) mass is 390 g/mol. The third-order valence-electron chi connectivity index (χ3n) is 5.65. The van der Waals surface area contributed by atoms with Crippen molar-refractivity contribution in [2.45, 2.75) is 45.7 Å². The number of imidazole rings is 1. The molecule has 0 aliphatic carbocycles. The zero-order chi connectivity index (χ0) is 20.4. The van der Waals surface area contributed by atoms with E-state index in [0.717, 1.165) is 47.0 Å². The number of hydrogen-bond donors (Lipinski definition) is 1. The van der Waals surface area contributed by atoms with E-state index in [2.05, 4.69) is 34.9 Å². The lowest BCUT2D eigenvalue weighted by molar-refractivity contribution is 0.151. The molecule has 5 nitrogen and oxygen atoms in total. The van der Waals surface area contributed by atoms with Gasteiger partial charge in [-0.1, -0.05) is 13.0 Å². The van der Waals surface area contributed by atoms with Gasteiger partial charge in [-0.15, -0.1) is 0 Å². The van der Waals surface area contributed by atoms with Gasteiger partial charge in [-0.05, 0) is 75.2 Å². The Bertz CT molecular complexity index is 1010. The molecular formula is C24H30N4O. The number of piperidine rings is 1. The first-order chi connectivity index (χ1) is 14.0. The van der Waals surface area contributed by atoms with Crippen LogP contribution in [0.2, 0.25) is 0 Å². The number of anilines is 1. The highest BCUT2D eigenvalue weighted by Gasteiger charge is 2.22. The third-order valence-corrected chi connectivity index (χ3v) is 5.65. The minimum Gasteiger partial charge on any atom is -0.489 e. The van der Waals surface area contributed by atoms with E-state index in [4.69, 9.17) is 15.5 Å². The fraction of sp³-hybridized carbons (Fsp3) is 0.375. The van der Waals surface area contributed by atoms with E-state index in [1.807, 2.05) is 37.4 Å². The molecule has 1 atom stereocenters. The van der Waals surface area contributed by atoms with Crippen molar-refractivity contribution >= 4 is 11.3 Å². The molecule has 0 radical (unpaired) electrons. The average Bonchev–Trinajstić information content (AvgIpc) is 3.06. The van der Waals surface area contributed by atoms with E-state index in [0.29, 0.717) is 12.6 Å². The van der Waals surface area contributed by atoms with Crippen LogP contribution in [0, 0.1) is 0 Å². The van der Waals surface area contributed by atoms with Gasteiger partial charge in [0.25, 0.3) is 0 Å². The Balaban J connectivity index is 1.70. The van der Waals surface area contributed by atoms with Gasteiger partial charge in [-0.2, -0.15) is 0 Å². The van der Waals surface area contributed by atoms with Crippen LogP contribution in [0.5, 0.6) is 5.75 Å². The molecule has 0 amide bonds. The largest absolute Gasteiger partial charge is 0.489 e. The van der Waals surface area contributed by atoms with Gasteiger partial charge in [0.05, 0.1) is 11.4 Å². The van der Waals surface area contributed by atoms with E-state index in [-0.39, 0.29) is 0 Å². The maximum Gasteiger partial charge on any atom is 0.137 e. The molecular weight excluding hydrogens is 360 g/mol. The fourth-order valence-corrected chi connectivity index (χ4v) is 3.99. The molecule has 1 aliphatic heterocycles. The van der Waals surface area contributed by atoms with Crippen molar-refractivity contribution in [1.82, 2.24) is 14.3 Å². The molecule has 4 rings (SSSR count). The van der Waals surface area contributed by atoms with Crippen LogP contribution in [-0.2, 0) is 6.54 Å². The van der Waals surface area contributed by atoms with Gasteiger partial charge >= 0.3 is 0 Å². The summed E-state index contributed by atoms with van der Waals surface area (Å²) < 4.78 is 7.90. The summed E-state index contributed by atoms with van der Waals surface area (Å²) in [6.45, 7) is 10.7. The molecule has 152 valence electrons. The molecule has 1 aliphatic rings. The standard InChI is InChI=1S/C24H30N4O/c1-17(2)16-29-21-10-7-19(8-11-21)24-22(15-27-13-5-4-6-18(27)3)28-14-20(25)9-12-23(28)26-24/h7-12,14,18H,1,4-6,13,15-16,25H2,2-3H3. The van der Waals surface area contributed by atoms with Crippen molar-refractivity contribution in [3.63, 3.8) is 0 Å². The second-order valence-corrected chi connectivity index (χ2v) is 8.18. The van der Waals surface area contributed by atoms with Gasteiger partial charge in [-0.3, -0.25) is 4.90 Å². The van der Waals surface area contributed by atoms with Crippen molar-refractivity contribution in [3.05, 3.63) is 60.4 Å². The highest BCUT2D eigenvalue weighted by Crippen LogP contribution is 2.30. The van der Waals surface area contributed by atoms with Crippen molar-refractivity contribution in [2.75, 3.05) is 18.9 Å². The molecule has 1 saturated heterocycles. The van der Waals surface area contributed by atoms with Gasteiger partial charge in [0.1, 0.15) is 18.0 Å². The number of nitrogen functional groups attached to an aromatic ring is 1. The van der Waals surface area contributed by atoms with Gasteiger partial charge < -0.3 is 14.9 Å². The number of fused-ring (bicyclic) bond motifs is 1. The summed E-state index contributed by atoms with van der Waals surface area (Å²) in [4.78, 5) is 7.50. The molecule has 3 aromatic rings. The Labute approximate surface area is 172 Å². The highest BCUT2D eigenvalue weighted by atomic mass is 16.5. The lowest BCUT2D eigenvalue weighted by atomic mass is 10.0. The van der Waals surface area contributed by atoms with Crippen LogP contribution in [0.3, 0.4) is 0 Å². The first kappa shape index (κ1) is 19.5. The molecule has 5 heteroatoms. The predicted octanol–water partition coefficient (Wildman–Crippen LogP) is 4.91. The Morgan fingerprint density at radius 2 is 2.00 bits per heavy atom. The maximum atomic E-state index is 6.09. The molecule has 29 heavy (non-hydrogen) atoms. The zero-order valence-corrected chi connectivity index (χ0v) is 17.4. The lowest BCUT2D eigenvalue weighted by Gasteiger charge is -2.33. The SMILES string of the molecule is C=C(C)COc1ccc(-c2nc3ccc(N)cn3c2CN2CCCCC2C)cc1. The molecule has 0 bridgehead atoms. The summed E-state index contributed by atoms with van der Waals surface area (Å²) in [5.74, 6) is 0.843. The Morgan fingerprint density at radius 3 is 2.72 bits per heavy atom. The van der Waals surface area contributed by atoms with Crippen LogP contribution in [0.15, 0.2) is 54.7 Å². The van der Waals surface area contributed by atoms with E-state index < -0.39 is 0 Å². The molecule has 0 spiro atoms. The molecule has 2 N–H and O–H groups in total. The van der Waals surface area contributed by atoms with Gasteiger partial charge in [0.2, 0.25) is 0 Å². The second kappa shape index (κ2) is 8.29. The van der Waals surface area contributed by atoms with Crippen LogP contribution in [0.1, 0.15) is 38.8 Å². The highest BCUT2D eigenvalue weighted by molar-refractivity contribution is 5.68. The predicted molar refractivity (Wildman–Crippen MR) is 119 cm³/mol. The number of benzene rings is 1. The quantitative estimate of drug-likeness (QED) is 0.608.